The Morgan fingerprint density at radius 2 is 2.05 bits per heavy atom. The van der Waals surface area contributed by atoms with Gasteiger partial charge in [0.1, 0.15) is 6.04 Å². The quantitative estimate of drug-likeness (QED) is 0.633. The number of benzene rings is 1. The molecule has 1 aromatic carbocycles. The van der Waals surface area contributed by atoms with Crippen molar-refractivity contribution in [2.75, 3.05) is 13.0 Å². The van der Waals surface area contributed by atoms with Crippen molar-refractivity contribution in [3.05, 3.63) is 35.4 Å². The van der Waals surface area contributed by atoms with E-state index in [0.717, 1.165) is 11.1 Å². The van der Waals surface area contributed by atoms with Crippen LogP contribution in [0.15, 0.2) is 24.3 Å². The van der Waals surface area contributed by atoms with E-state index in [4.69, 9.17) is 16.3 Å². The lowest BCUT2D eigenvalue weighted by atomic mass is 9.93. The van der Waals surface area contributed by atoms with E-state index in [-0.39, 0.29) is 23.7 Å². The number of carbonyl (C=O) groups excluding carboxylic acids is 2. The van der Waals surface area contributed by atoms with Crippen LogP contribution < -0.4 is 0 Å². The zero-order valence-electron chi connectivity index (χ0n) is 11.6. The molecule has 1 amide bonds. The summed E-state index contributed by atoms with van der Waals surface area (Å²) in [6, 6.07) is 7.27. The minimum Gasteiger partial charge on any atom is -0.467 e. The van der Waals surface area contributed by atoms with Gasteiger partial charge < -0.3 is 9.64 Å². The minimum absolute atomic E-state index is 0.107. The molecular formula is C15H18ClNO3. The van der Waals surface area contributed by atoms with E-state index in [1.54, 1.807) is 11.8 Å². The van der Waals surface area contributed by atoms with Crippen molar-refractivity contribution in [3.63, 3.8) is 0 Å². The van der Waals surface area contributed by atoms with Crippen molar-refractivity contribution >= 4 is 23.5 Å². The van der Waals surface area contributed by atoms with Crippen LogP contribution in [0.2, 0.25) is 0 Å². The van der Waals surface area contributed by atoms with Gasteiger partial charge in [-0.05, 0) is 11.1 Å². The molecule has 2 unspecified atom stereocenters. The van der Waals surface area contributed by atoms with E-state index in [9.17, 15) is 9.59 Å². The fourth-order valence-corrected chi connectivity index (χ4v) is 2.58. The number of hydrogen-bond acceptors (Lipinski definition) is 3. The summed E-state index contributed by atoms with van der Waals surface area (Å²) in [5, 5.41) is 0. The standard InChI is InChI=1S/C15H18ClNO3/c1-10(8-16)14(18)17-9-12-6-4-3-5-11(12)7-13(17)15(19)20-2/h3-6,10,13H,7-9H2,1-2H3. The van der Waals surface area contributed by atoms with Crippen LogP contribution in [-0.4, -0.2) is 35.8 Å². The first kappa shape index (κ1) is 14.9. The van der Waals surface area contributed by atoms with Crippen LogP contribution >= 0.6 is 11.6 Å². The molecular weight excluding hydrogens is 278 g/mol. The van der Waals surface area contributed by atoms with Crippen molar-refractivity contribution in [1.29, 1.82) is 0 Å². The van der Waals surface area contributed by atoms with Crippen LogP contribution in [0.3, 0.4) is 0 Å². The van der Waals surface area contributed by atoms with Gasteiger partial charge in [-0.25, -0.2) is 4.79 Å². The first-order valence-corrected chi connectivity index (χ1v) is 7.13. The molecule has 2 atom stereocenters. The Morgan fingerprint density at radius 3 is 2.65 bits per heavy atom. The van der Waals surface area contributed by atoms with Gasteiger partial charge in [0.15, 0.2) is 0 Å². The number of hydrogen-bond donors (Lipinski definition) is 0. The van der Waals surface area contributed by atoms with Crippen LogP contribution in [-0.2, 0) is 27.3 Å². The zero-order chi connectivity index (χ0) is 14.7. The molecule has 0 bridgehead atoms. The molecule has 4 nitrogen and oxygen atoms in total. The predicted octanol–water partition coefficient (Wildman–Crippen LogP) is 1.99. The SMILES string of the molecule is COC(=O)C1Cc2ccccc2CN1C(=O)C(C)CCl. The number of fused-ring (bicyclic) bond motifs is 1. The minimum atomic E-state index is -0.562. The highest BCUT2D eigenvalue weighted by Gasteiger charge is 2.36. The summed E-state index contributed by atoms with van der Waals surface area (Å²) in [7, 11) is 1.34. The second kappa shape index (κ2) is 6.27. The number of ether oxygens (including phenoxy) is 1. The number of halogens is 1. The fourth-order valence-electron chi connectivity index (χ4n) is 2.45. The van der Waals surface area contributed by atoms with Gasteiger partial charge in [-0.1, -0.05) is 31.2 Å². The van der Waals surface area contributed by atoms with Crippen molar-refractivity contribution < 1.29 is 14.3 Å². The Morgan fingerprint density at radius 1 is 1.40 bits per heavy atom. The third kappa shape index (κ3) is 2.80. The van der Waals surface area contributed by atoms with Crippen molar-refractivity contribution in [3.8, 4) is 0 Å². The van der Waals surface area contributed by atoms with E-state index in [2.05, 4.69) is 0 Å². The molecule has 0 fully saturated rings. The average molecular weight is 296 g/mol. The molecule has 1 aliphatic rings. The summed E-state index contributed by atoms with van der Waals surface area (Å²) in [5.41, 5.74) is 2.16. The normalized spacial score (nSPS) is 19.1. The van der Waals surface area contributed by atoms with Crippen LogP contribution in [0.1, 0.15) is 18.1 Å². The highest BCUT2D eigenvalue weighted by atomic mass is 35.5. The highest BCUT2D eigenvalue weighted by molar-refractivity contribution is 6.19. The van der Waals surface area contributed by atoms with Gasteiger partial charge in [0.2, 0.25) is 5.91 Å². The number of nitrogens with zero attached hydrogens (tertiary/aromatic N) is 1. The van der Waals surface area contributed by atoms with E-state index in [1.165, 1.54) is 7.11 Å². The monoisotopic (exact) mass is 295 g/mol. The van der Waals surface area contributed by atoms with Gasteiger partial charge in [-0.15, -0.1) is 11.6 Å². The summed E-state index contributed by atoms with van der Waals surface area (Å²) in [5.74, 6) is -0.557. The van der Waals surface area contributed by atoms with Gasteiger partial charge in [-0.3, -0.25) is 4.79 Å². The van der Waals surface area contributed by atoms with Gasteiger partial charge in [0, 0.05) is 24.8 Å². The molecule has 0 aliphatic carbocycles. The first-order chi connectivity index (χ1) is 9.58. The summed E-state index contributed by atoms with van der Waals surface area (Å²) >= 11 is 5.76. The summed E-state index contributed by atoms with van der Waals surface area (Å²) in [6.07, 6.45) is 0.490. The molecule has 0 N–H and O–H groups in total. The van der Waals surface area contributed by atoms with Crippen LogP contribution in [0.4, 0.5) is 0 Å². The molecule has 1 aliphatic heterocycles. The van der Waals surface area contributed by atoms with Crippen molar-refractivity contribution in [2.45, 2.75) is 25.9 Å². The molecule has 0 saturated carbocycles. The predicted molar refractivity (Wildman–Crippen MR) is 76.4 cm³/mol. The average Bonchev–Trinajstić information content (AvgIpc) is 2.51. The molecule has 2 rings (SSSR count). The largest absolute Gasteiger partial charge is 0.467 e. The Labute approximate surface area is 123 Å². The van der Waals surface area contributed by atoms with E-state index in [1.807, 2.05) is 24.3 Å². The Bertz CT molecular complexity index is 518. The summed E-state index contributed by atoms with van der Waals surface area (Å²) < 4.78 is 4.83. The molecule has 1 heterocycles. The summed E-state index contributed by atoms with van der Waals surface area (Å²) in [6.45, 7) is 2.19. The molecule has 0 saturated heterocycles. The Balaban J connectivity index is 2.32. The van der Waals surface area contributed by atoms with Gasteiger partial charge in [-0.2, -0.15) is 0 Å². The Hall–Kier alpha value is -1.55. The number of esters is 1. The maximum absolute atomic E-state index is 12.4. The smallest absolute Gasteiger partial charge is 0.328 e. The number of carbonyl (C=O) groups is 2. The van der Waals surface area contributed by atoms with E-state index < -0.39 is 6.04 Å². The summed E-state index contributed by atoms with van der Waals surface area (Å²) in [4.78, 5) is 25.9. The maximum Gasteiger partial charge on any atom is 0.328 e. The number of alkyl halides is 1. The third-order valence-electron chi connectivity index (χ3n) is 3.66. The molecule has 0 spiro atoms. The van der Waals surface area contributed by atoms with Gasteiger partial charge >= 0.3 is 5.97 Å². The number of amides is 1. The zero-order valence-corrected chi connectivity index (χ0v) is 12.4. The van der Waals surface area contributed by atoms with Crippen LogP contribution in [0, 0.1) is 5.92 Å². The number of methoxy groups -OCH3 is 1. The topological polar surface area (TPSA) is 46.6 Å². The lowest BCUT2D eigenvalue weighted by Gasteiger charge is -2.36. The molecule has 0 aromatic heterocycles. The maximum atomic E-state index is 12.4. The lowest BCUT2D eigenvalue weighted by Crippen LogP contribution is -2.50. The Kier molecular flexibility index (Phi) is 4.65. The van der Waals surface area contributed by atoms with E-state index in [0.29, 0.717) is 13.0 Å². The third-order valence-corrected chi connectivity index (χ3v) is 4.12. The van der Waals surface area contributed by atoms with Gasteiger partial charge in [0.25, 0.3) is 0 Å². The lowest BCUT2D eigenvalue weighted by molar-refractivity contribution is -0.155. The highest BCUT2D eigenvalue weighted by Crippen LogP contribution is 2.25. The molecule has 1 aromatic rings. The molecule has 20 heavy (non-hydrogen) atoms. The van der Waals surface area contributed by atoms with Crippen molar-refractivity contribution in [2.24, 2.45) is 5.92 Å². The van der Waals surface area contributed by atoms with E-state index >= 15 is 0 Å². The second-order valence-electron chi connectivity index (χ2n) is 5.03. The van der Waals surface area contributed by atoms with Crippen LogP contribution in [0.5, 0.6) is 0 Å². The number of rotatable bonds is 3. The van der Waals surface area contributed by atoms with Crippen LogP contribution in [0.25, 0.3) is 0 Å². The first-order valence-electron chi connectivity index (χ1n) is 6.59. The second-order valence-corrected chi connectivity index (χ2v) is 5.34. The van der Waals surface area contributed by atoms with Gasteiger partial charge in [0.05, 0.1) is 7.11 Å². The fraction of sp³-hybridized carbons (Fsp3) is 0.467. The molecule has 0 radical (unpaired) electrons. The van der Waals surface area contributed by atoms with Crippen molar-refractivity contribution in [1.82, 2.24) is 4.90 Å². The molecule has 5 heteroatoms. The molecule has 108 valence electrons.